The predicted molar refractivity (Wildman–Crippen MR) is 135 cm³/mol. The molecule has 0 aliphatic carbocycles. The van der Waals surface area contributed by atoms with Gasteiger partial charge in [0.2, 0.25) is 10.0 Å². The zero-order valence-electron chi connectivity index (χ0n) is 19.7. The largest absolute Gasteiger partial charge is 0.348 e. The first-order chi connectivity index (χ1) is 16.8. The normalized spacial score (nSPS) is 11.4. The lowest BCUT2D eigenvalue weighted by atomic mass is 10.1. The summed E-state index contributed by atoms with van der Waals surface area (Å²) < 4.78 is 30.0. The molecule has 0 fully saturated rings. The van der Waals surface area contributed by atoms with E-state index in [4.69, 9.17) is 0 Å². The monoisotopic (exact) mass is 488 g/mol. The van der Waals surface area contributed by atoms with Crippen LogP contribution in [0.4, 0.5) is 0 Å². The van der Waals surface area contributed by atoms with Gasteiger partial charge in [-0.25, -0.2) is 13.1 Å². The number of aryl methyl sites for hydroxylation is 2. The highest BCUT2D eigenvalue weighted by Crippen LogP contribution is 2.14. The molecule has 4 aromatic rings. The van der Waals surface area contributed by atoms with Crippen molar-refractivity contribution in [3.8, 4) is 0 Å². The zero-order valence-corrected chi connectivity index (χ0v) is 20.5. The van der Waals surface area contributed by atoms with Crippen LogP contribution in [0.2, 0.25) is 0 Å². The molecule has 0 bridgehead atoms. The van der Waals surface area contributed by atoms with Crippen molar-refractivity contribution in [3.63, 3.8) is 0 Å². The minimum absolute atomic E-state index is 0.0490. The molecule has 0 saturated heterocycles. The molecule has 4 rings (SSSR count). The van der Waals surface area contributed by atoms with E-state index in [0.29, 0.717) is 13.1 Å². The third-order valence-corrected chi connectivity index (χ3v) is 6.99. The second kappa shape index (κ2) is 10.7. The van der Waals surface area contributed by atoms with Crippen molar-refractivity contribution in [3.05, 3.63) is 119 Å². The fourth-order valence-electron chi connectivity index (χ4n) is 3.79. The number of carbonyl (C=O) groups excluding carboxylic acids is 1. The molecule has 8 heteroatoms. The summed E-state index contributed by atoms with van der Waals surface area (Å²) in [6, 6.07) is 25.3. The average Bonchev–Trinajstić information content (AvgIpc) is 3.18. The van der Waals surface area contributed by atoms with E-state index in [1.165, 1.54) is 12.1 Å². The first kappa shape index (κ1) is 24.4. The fraction of sp³-hybridized carbons (Fsp3) is 0.185. The van der Waals surface area contributed by atoms with Gasteiger partial charge in [-0.15, -0.1) is 0 Å². The van der Waals surface area contributed by atoms with Crippen LogP contribution in [0.3, 0.4) is 0 Å². The van der Waals surface area contributed by atoms with E-state index in [2.05, 4.69) is 15.1 Å². The first-order valence-corrected chi connectivity index (χ1v) is 12.8. The number of benzene rings is 3. The summed E-state index contributed by atoms with van der Waals surface area (Å²) in [6.07, 6.45) is 0. The van der Waals surface area contributed by atoms with Crippen molar-refractivity contribution in [2.75, 3.05) is 0 Å². The predicted octanol–water partition coefficient (Wildman–Crippen LogP) is 3.96. The van der Waals surface area contributed by atoms with Crippen molar-refractivity contribution in [2.45, 2.75) is 38.4 Å². The van der Waals surface area contributed by atoms with Gasteiger partial charge in [-0.2, -0.15) is 5.10 Å². The maximum absolute atomic E-state index is 12.8. The van der Waals surface area contributed by atoms with E-state index in [0.717, 1.165) is 28.1 Å². The maximum atomic E-state index is 12.8. The van der Waals surface area contributed by atoms with Crippen LogP contribution in [0.15, 0.2) is 89.8 Å². The van der Waals surface area contributed by atoms with Crippen molar-refractivity contribution < 1.29 is 13.2 Å². The van der Waals surface area contributed by atoms with Crippen LogP contribution in [0.1, 0.15) is 38.4 Å². The van der Waals surface area contributed by atoms with E-state index in [9.17, 15) is 13.2 Å². The highest BCUT2D eigenvalue weighted by Gasteiger charge is 2.16. The van der Waals surface area contributed by atoms with Crippen molar-refractivity contribution in [1.29, 1.82) is 0 Å². The van der Waals surface area contributed by atoms with Crippen molar-refractivity contribution >= 4 is 15.9 Å². The molecule has 1 heterocycles. The first-order valence-electron chi connectivity index (χ1n) is 11.3. The molecule has 0 atom stereocenters. The van der Waals surface area contributed by atoms with E-state index in [1.54, 1.807) is 12.1 Å². The topological polar surface area (TPSA) is 93.1 Å². The summed E-state index contributed by atoms with van der Waals surface area (Å²) in [6.45, 7) is 5.14. The molecule has 0 aliphatic heterocycles. The summed E-state index contributed by atoms with van der Waals surface area (Å²) in [7, 11) is -3.76. The van der Waals surface area contributed by atoms with Gasteiger partial charge in [-0.3, -0.25) is 9.48 Å². The van der Waals surface area contributed by atoms with Gasteiger partial charge in [0.25, 0.3) is 5.91 Å². The Labute approximate surface area is 205 Å². The van der Waals surface area contributed by atoms with Gasteiger partial charge in [0, 0.05) is 24.3 Å². The molecule has 0 unspecified atom stereocenters. The summed E-state index contributed by atoms with van der Waals surface area (Å²) in [5, 5.41) is 7.38. The smallest absolute Gasteiger partial charge is 0.251 e. The lowest BCUT2D eigenvalue weighted by Gasteiger charge is -2.10. The Hall–Kier alpha value is -3.75. The average molecular weight is 489 g/mol. The molecule has 7 nitrogen and oxygen atoms in total. The number of nitrogens with one attached hydrogen (secondary N) is 2. The van der Waals surface area contributed by atoms with E-state index in [-0.39, 0.29) is 22.9 Å². The number of rotatable bonds is 9. The van der Waals surface area contributed by atoms with Gasteiger partial charge in [0.15, 0.2) is 0 Å². The molecule has 2 N–H and O–H groups in total. The minimum atomic E-state index is -3.76. The Morgan fingerprint density at radius 3 is 2.29 bits per heavy atom. The molecule has 1 amide bonds. The van der Waals surface area contributed by atoms with E-state index in [1.807, 2.05) is 79.2 Å². The number of aromatic nitrogens is 2. The standard InChI is InChI=1S/C27H28N4O3S/c1-20-14-21(2)31(30-20)19-24-11-6-10-23(15-24)17-28-27(32)25-12-7-13-26(16-25)35(33,34)29-18-22-8-4-3-5-9-22/h3-16,29H,17-19H2,1-2H3,(H,28,32). The van der Waals surface area contributed by atoms with Gasteiger partial charge in [0.1, 0.15) is 0 Å². The number of amides is 1. The SMILES string of the molecule is Cc1cc(C)n(Cc2cccc(CNC(=O)c3cccc(S(=O)(=O)NCc4ccccc4)c3)c2)n1. The van der Waals surface area contributed by atoms with E-state index >= 15 is 0 Å². The molecule has 0 saturated carbocycles. The van der Waals surface area contributed by atoms with Crippen LogP contribution in [-0.2, 0) is 29.7 Å². The molecular weight excluding hydrogens is 460 g/mol. The molecule has 1 aromatic heterocycles. The Morgan fingerprint density at radius 2 is 1.54 bits per heavy atom. The minimum Gasteiger partial charge on any atom is -0.348 e. The Kier molecular flexibility index (Phi) is 7.43. The summed E-state index contributed by atoms with van der Waals surface area (Å²) in [5.41, 5.74) is 5.24. The molecule has 0 radical (unpaired) electrons. The molecule has 180 valence electrons. The molecule has 35 heavy (non-hydrogen) atoms. The van der Waals surface area contributed by atoms with Crippen molar-refractivity contribution in [2.24, 2.45) is 0 Å². The number of sulfonamides is 1. The van der Waals surface area contributed by atoms with Crippen LogP contribution in [0.5, 0.6) is 0 Å². The van der Waals surface area contributed by atoms with Crippen LogP contribution < -0.4 is 10.0 Å². The lowest BCUT2D eigenvalue weighted by Crippen LogP contribution is -2.25. The number of hydrogen-bond acceptors (Lipinski definition) is 4. The van der Waals surface area contributed by atoms with Gasteiger partial charge in [0.05, 0.1) is 17.1 Å². The summed E-state index contributed by atoms with van der Waals surface area (Å²) >= 11 is 0. The maximum Gasteiger partial charge on any atom is 0.251 e. The summed E-state index contributed by atoms with van der Waals surface area (Å²) in [4.78, 5) is 12.8. The number of carbonyl (C=O) groups is 1. The van der Waals surface area contributed by atoms with Crippen LogP contribution >= 0.6 is 0 Å². The van der Waals surface area contributed by atoms with Gasteiger partial charge in [-0.1, -0.05) is 60.7 Å². The van der Waals surface area contributed by atoms with Gasteiger partial charge in [-0.05, 0) is 54.8 Å². The zero-order chi connectivity index (χ0) is 24.8. The lowest BCUT2D eigenvalue weighted by molar-refractivity contribution is 0.0950. The Morgan fingerprint density at radius 1 is 0.829 bits per heavy atom. The molecular formula is C27H28N4O3S. The second-order valence-corrected chi connectivity index (χ2v) is 10.2. The highest BCUT2D eigenvalue weighted by molar-refractivity contribution is 7.89. The number of nitrogens with zero attached hydrogens (tertiary/aromatic N) is 2. The Bertz CT molecular complexity index is 1430. The van der Waals surface area contributed by atoms with Gasteiger partial charge < -0.3 is 5.32 Å². The van der Waals surface area contributed by atoms with Gasteiger partial charge >= 0.3 is 0 Å². The van der Waals surface area contributed by atoms with Crippen molar-refractivity contribution in [1.82, 2.24) is 19.8 Å². The van der Waals surface area contributed by atoms with Crippen LogP contribution in [0.25, 0.3) is 0 Å². The molecule has 0 spiro atoms. The second-order valence-electron chi connectivity index (χ2n) is 8.43. The Balaban J connectivity index is 1.39. The fourth-order valence-corrected chi connectivity index (χ4v) is 4.86. The third-order valence-electron chi connectivity index (χ3n) is 5.60. The molecule has 3 aromatic carbocycles. The molecule has 0 aliphatic rings. The highest BCUT2D eigenvalue weighted by atomic mass is 32.2. The van der Waals surface area contributed by atoms with E-state index < -0.39 is 10.0 Å². The summed E-state index contributed by atoms with van der Waals surface area (Å²) in [5.74, 6) is -0.339. The number of hydrogen-bond donors (Lipinski definition) is 2. The third kappa shape index (κ3) is 6.44. The van der Waals surface area contributed by atoms with Crippen LogP contribution in [0, 0.1) is 13.8 Å². The van der Waals surface area contributed by atoms with Crippen LogP contribution in [-0.4, -0.2) is 24.1 Å². The quantitative estimate of drug-likeness (QED) is 0.373.